The van der Waals surface area contributed by atoms with Gasteiger partial charge in [-0.15, -0.1) is 0 Å². The van der Waals surface area contributed by atoms with Gasteiger partial charge in [-0.05, 0) is 0 Å². The van der Waals surface area contributed by atoms with E-state index in [0.29, 0.717) is 0 Å². The van der Waals surface area contributed by atoms with E-state index in [9.17, 15) is 0 Å². The largest absolute Gasteiger partial charge is 2.00 e. The number of phosphoric acid groups is 1. The standard InChI is InChI=1S/Fe.H3O4P/c;1-5(2,3)4/h;(H3,1,2,3,4)/q+2;/p-2. The molecule has 38 valence electrons. The molecule has 0 aliphatic heterocycles. The minimum absolute atomic E-state index is 0. The van der Waals surface area contributed by atoms with Gasteiger partial charge in [-0.2, -0.15) is 7.82 Å². The summed E-state index contributed by atoms with van der Waals surface area (Å²) in [5, 5.41) is 0. The van der Waals surface area contributed by atoms with Gasteiger partial charge in [-0.3, -0.25) is 0 Å². The molecule has 0 aromatic heterocycles. The van der Waals surface area contributed by atoms with Crippen molar-refractivity contribution in [3.63, 3.8) is 0 Å². The molecule has 0 radical (unpaired) electrons. The summed E-state index contributed by atoms with van der Waals surface area (Å²) in [6.45, 7) is 0. The Hall–Kier alpha value is 0.629. The molecule has 0 aliphatic rings. The summed E-state index contributed by atoms with van der Waals surface area (Å²) < 4.78 is 8.55. The molecule has 0 saturated heterocycles. The maximum atomic E-state index is 8.55. The zero-order chi connectivity index (χ0) is 4.50. The summed E-state index contributed by atoms with van der Waals surface area (Å²) >= 11 is 0. The van der Waals surface area contributed by atoms with Crippen LogP contribution in [0.25, 0.3) is 0 Å². The minimum Gasteiger partial charge on any atom is -0.822 e. The molecule has 0 bridgehead atoms. The van der Waals surface area contributed by atoms with Crippen molar-refractivity contribution < 1.29 is 37.7 Å². The van der Waals surface area contributed by atoms with Gasteiger partial charge in [0.15, 0.2) is 0 Å². The molecule has 0 heterocycles. The molecule has 0 spiro atoms. The molecule has 0 N–H and O–H groups in total. The van der Waals surface area contributed by atoms with Crippen LogP contribution >= 0.6 is 7.82 Å². The molecule has 6 heteroatoms. The second-order valence-electron chi connectivity index (χ2n) is 0.447. The number of hydrogen-bond donors (Lipinski definition) is 0. The van der Waals surface area contributed by atoms with Crippen LogP contribution in [-0.2, 0) is 21.6 Å². The molecule has 0 atom stereocenters. The molecular weight excluding hydrogens is 151 g/mol. The van der Waals surface area contributed by atoms with E-state index in [1.165, 1.54) is 0 Å². The second-order valence-corrected chi connectivity index (χ2v) is 1.34. The first kappa shape index (κ1) is 9.80. The summed E-state index contributed by atoms with van der Waals surface area (Å²) in [7, 11) is -5.39. The molecule has 0 aliphatic carbocycles. The van der Waals surface area contributed by atoms with Gasteiger partial charge in [0, 0.05) is 0 Å². The summed E-state index contributed by atoms with van der Waals surface area (Å²) in [6.07, 6.45) is 0. The zero-order valence-electron chi connectivity index (χ0n) is 3.43. The Balaban J connectivity index is -0.0000000800. The smallest absolute Gasteiger partial charge is 0.822 e. The van der Waals surface area contributed by atoms with Gasteiger partial charge in [0.25, 0.3) is 0 Å². The molecule has 0 fully saturated rings. The van der Waals surface area contributed by atoms with Crippen LogP contribution < -0.4 is 14.7 Å². The van der Waals surface area contributed by atoms with Crippen molar-refractivity contribution in [1.82, 2.24) is 0 Å². The summed E-state index contributed by atoms with van der Waals surface area (Å²) in [6, 6.07) is 0. The number of hydrogen-bond acceptors (Lipinski definition) is 4. The molecule has 0 amide bonds. The average Bonchev–Trinajstić information content (AvgIpc) is 0.722. The van der Waals surface area contributed by atoms with Crippen LogP contribution in [-0.4, -0.2) is 0 Å². The number of rotatable bonds is 0. The first-order valence-electron chi connectivity index (χ1n) is 0.730. The molecule has 0 saturated carbocycles. The Bertz CT molecular complexity index is 57.8. The van der Waals surface area contributed by atoms with Crippen LogP contribution in [0.15, 0.2) is 0 Å². The summed E-state index contributed by atoms with van der Waals surface area (Å²) in [5.41, 5.74) is 0. The maximum Gasteiger partial charge on any atom is 2.00 e. The van der Waals surface area contributed by atoms with Crippen LogP contribution in [0.5, 0.6) is 0 Å². The fourth-order valence-electron chi connectivity index (χ4n) is 0. The maximum absolute atomic E-state index is 8.55. The van der Waals surface area contributed by atoms with Gasteiger partial charge in [0.1, 0.15) is 0 Å². The van der Waals surface area contributed by atoms with Gasteiger partial charge < -0.3 is 19.2 Å². The Labute approximate surface area is 46.4 Å². The molecular formula is HFeO4P. The van der Waals surface area contributed by atoms with Gasteiger partial charge in [0.05, 0.1) is 0 Å². The summed E-state index contributed by atoms with van der Waals surface area (Å²) in [4.78, 5) is 25.6. The Morgan fingerprint density at radius 3 is 1.33 bits per heavy atom. The van der Waals surface area contributed by atoms with Gasteiger partial charge in [0.2, 0.25) is 0 Å². The van der Waals surface area contributed by atoms with Crippen molar-refractivity contribution >= 4 is 7.82 Å². The van der Waals surface area contributed by atoms with Crippen LogP contribution in [0.3, 0.4) is 0 Å². The van der Waals surface area contributed by atoms with Gasteiger partial charge in [-0.25, -0.2) is 0 Å². The minimum atomic E-state index is -5.39. The Kier molecular flexibility index (Phi) is 4.49. The fourth-order valence-corrected chi connectivity index (χ4v) is 0. The predicted molar refractivity (Wildman–Crippen MR) is 8.72 cm³/mol. The van der Waals surface area contributed by atoms with E-state index < -0.39 is 7.82 Å². The van der Waals surface area contributed by atoms with Crippen LogP contribution in [0.1, 0.15) is 1.43 Å². The SMILES string of the molecule is O=P([O-])([O-])[O-].[Fe+2].[H+]. The second kappa shape index (κ2) is 2.75. The topological polar surface area (TPSA) is 86.2 Å². The summed E-state index contributed by atoms with van der Waals surface area (Å²) in [5.74, 6) is 0. The third kappa shape index (κ3) is 154. The van der Waals surface area contributed by atoms with Crippen LogP contribution in [0.2, 0.25) is 0 Å². The van der Waals surface area contributed by atoms with E-state index in [0.717, 1.165) is 0 Å². The molecule has 6 heavy (non-hydrogen) atoms. The van der Waals surface area contributed by atoms with E-state index in [-0.39, 0.29) is 18.5 Å². The monoisotopic (exact) mass is 152 g/mol. The van der Waals surface area contributed by atoms with Crippen molar-refractivity contribution in [2.45, 2.75) is 0 Å². The van der Waals surface area contributed by atoms with Crippen LogP contribution in [0, 0.1) is 0 Å². The molecule has 0 aromatic rings. The molecule has 0 rings (SSSR count). The average molecular weight is 152 g/mol. The van der Waals surface area contributed by atoms with E-state index in [1.54, 1.807) is 0 Å². The van der Waals surface area contributed by atoms with Gasteiger partial charge >= 0.3 is 18.5 Å². The van der Waals surface area contributed by atoms with Crippen LogP contribution in [0.4, 0.5) is 0 Å². The third-order valence-corrected chi connectivity index (χ3v) is 0. The third-order valence-electron chi connectivity index (χ3n) is 0. The Morgan fingerprint density at radius 2 is 1.33 bits per heavy atom. The molecule has 4 nitrogen and oxygen atoms in total. The molecule has 0 aromatic carbocycles. The first-order chi connectivity index (χ1) is 2.00. The van der Waals surface area contributed by atoms with E-state index >= 15 is 0 Å². The quantitative estimate of drug-likeness (QED) is 0.278. The van der Waals surface area contributed by atoms with Crippen molar-refractivity contribution in [1.29, 1.82) is 0 Å². The fraction of sp³-hybridized carbons (Fsp3) is 0. The van der Waals surface area contributed by atoms with Gasteiger partial charge in [-0.1, -0.05) is 0 Å². The zero-order valence-corrected chi connectivity index (χ0v) is 4.43. The van der Waals surface area contributed by atoms with Crippen molar-refractivity contribution in [2.75, 3.05) is 0 Å². The first-order valence-corrected chi connectivity index (χ1v) is 2.19. The van der Waals surface area contributed by atoms with Crippen molar-refractivity contribution in [3.8, 4) is 0 Å². The van der Waals surface area contributed by atoms with E-state index in [1.807, 2.05) is 0 Å². The van der Waals surface area contributed by atoms with Crippen molar-refractivity contribution in [3.05, 3.63) is 0 Å². The van der Waals surface area contributed by atoms with Crippen molar-refractivity contribution in [2.24, 2.45) is 0 Å². The Morgan fingerprint density at radius 1 is 1.33 bits per heavy atom. The van der Waals surface area contributed by atoms with E-state index in [2.05, 4.69) is 0 Å². The predicted octanol–water partition coefficient (Wildman–Crippen LogP) is -2.71. The molecule has 0 unspecified atom stereocenters. The normalized spacial score (nSPS) is 9.83. The van der Waals surface area contributed by atoms with E-state index in [4.69, 9.17) is 19.2 Å².